The van der Waals surface area contributed by atoms with Crippen molar-refractivity contribution in [1.29, 1.82) is 21.2 Å². The molecule has 33 heavy (non-hydrogen) atoms. The fraction of sp³-hybridized carbons (Fsp3) is 0.333. The van der Waals surface area contributed by atoms with Gasteiger partial charge in [-0.3, -0.25) is 5.41 Å². The Morgan fingerprint density at radius 3 is 2.48 bits per heavy atom. The molecule has 2 aromatic rings. The molecule has 4 atom stereocenters. The molecule has 166 valence electrons. The predicted molar refractivity (Wildman–Crippen MR) is 122 cm³/mol. The first-order valence-electron chi connectivity index (χ1n) is 10.1. The van der Waals surface area contributed by atoms with E-state index in [1.54, 1.807) is 49.4 Å². The minimum absolute atomic E-state index is 0.332. The van der Waals surface area contributed by atoms with Crippen LogP contribution in [0.2, 0.25) is 5.02 Å². The molecule has 2 aliphatic rings. The quantitative estimate of drug-likeness (QED) is 0.553. The predicted octanol–water partition coefficient (Wildman–Crippen LogP) is 5.61. The van der Waals surface area contributed by atoms with Gasteiger partial charge in [0.1, 0.15) is 11.9 Å². The largest absolute Gasteiger partial charge is 0.493 e. The number of nitriles is 3. The Morgan fingerprint density at radius 1 is 1.15 bits per heavy atom. The van der Waals surface area contributed by atoms with Crippen LogP contribution in [-0.2, 0) is 15.3 Å². The summed E-state index contributed by atoms with van der Waals surface area (Å²) in [5.74, 6) is -2.59. The number of halogens is 2. The molecule has 2 fully saturated rings. The number of ether oxygens (including phenoxy) is 3. The number of rotatable bonds is 4. The zero-order valence-electron chi connectivity index (χ0n) is 17.7. The van der Waals surface area contributed by atoms with Gasteiger partial charge >= 0.3 is 0 Å². The van der Waals surface area contributed by atoms with E-state index in [-0.39, 0.29) is 0 Å². The van der Waals surface area contributed by atoms with Crippen molar-refractivity contribution in [1.82, 2.24) is 0 Å². The van der Waals surface area contributed by atoms with Gasteiger partial charge < -0.3 is 14.2 Å². The van der Waals surface area contributed by atoms with Crippen LogP contribution in [0.25, 0.3) is 0 Å². The fourth-order valence-electron chi connectivity index (χ4n) is 4.86. The smallest absolute Gasteiger partial charge is 0.244 e. The third-order valence-electron chi connectivity index (χ3n) is 6.45. The van der Waals surface area contributed by atoms with E-state index in [2.05, 4.69) is 22.0 Å². The van der Waals surface area contributed by atoms with Crippen LogP contribution in [0, 0.1) is 56.2 Å². The van der Waals surface area contributed by atoms with E-state index in [1.807, 2.05) is 19.1 Å². The third-order valence-corrected chi connectivity index (χ3v) is 7.18. The van der Waals surface area contributed by atoms with E-state index in [0.29, 0.717) is 33.0 Å². The molecule has 2 aliphatic heterocycles. The van der Waals surface area contributed by atoms with Crippen molar-refractivity contribution in [2.24, 2.45) is 16.7 Å². The van der Waals surface area contributed by atoms with Crippen LogP contribution < -0.4 is 4.74 Å². The van der Waals surface area contributed by atoms with E-state index < -0.39 is 34.5 Å². The Balaban J connectivity index is 2.08. The molecular weight excluding hydrogens is 508 g/mol. The molecule has 0 aromatic heterocycles. The van der Waals surface area contributed by atoms with Crippen LogP contribution >= 0.6 is 27.5 Å². The zero-order valence-corrected chi connectivity index (χ0v) is 20.1. The summed E-state index contributed by atoms with van der Waals surface area (Å²) in [7, 11) is 0. The molecular formula is C24H18BrClN4O3. The second-order valence-corrected chi connectivity index (χ2v) is 9.25. The Hall–Kier alpha value is -3.09. The summed E-state index contributed by atoms with van der Waals surface area (Å²) in [4.78, 5) is 0. The van der Waals surface area contributed by atoms with Gasteiger partial charge in [0.05, 0.1) is 30.7 Å². The number of hydrogen-bond acceptors (Lipinski definition) is 7. The highest BCUT2D eigenvalue weighted by Gasteiger charge is 2.80. The lowest BCUT2D eigenvalue weighted by atomic mass is 9.53. The van der Waals surface area contributed by atoms with Crippen LogP contribution in [0.4, 0.5) is 0 Å². The topological polar surface area (TPSA) is 123 Å². The van der Waals surface area contributed by atoms with Crippen LogP contribution in [-0.4, -0.2) is 12.5 Å². The number of nitrogens with one attached hydrogen (secondary N) is 1. The first kappa shape index (κ1) is 23.1. The Labute approximate surface area is 204 Å². The number of fused-ring (bicyclic) bond motifs is 2. The van der Waals surface area contributed by atoms with E-state index in [9.17, 15) is 15.8 Å². The zero-order chi connectivity index (χ0) is 24.0. The molecule has 2 heterocycles. The summed E-state index contributed by atoms with van der Waals surface area (Å²) in [6.45, 7) is 3.79. The van der Waals surface area contributed by atoms with Gasteiger partial charge in [0, 0.05) is 20.6 Å². The summed E-state index contributed by atoms with van der Waals surface area (Å²) in [5.41, 5.74) is -3.13. The van der Waals surface area contributed by atoms with Gasteiger partial charge in [-0.05, 0) is 37.3 Å². The molecule has 0 amide bonds. The molecule has 0 saturated carbocycles. The molecule has 2 saturated heterocycles. The summed E-state index contributed by atoms with van der Waals surface area (Å²) in [6.07, 6.45) is -1.27. The van der Waals surface area contributed by atoms with E-state index in [1.165, 1.54) is 0 Å². The van der Waals surface area contributed by atoms with Gasteiger partial charge in [0.25, 0.3) is 0 Å². The van der Waals surface area contributed by atoms with Crippen molar-refractivity contribution in [2.75, 3.05) is 6.61 Å². The van der Waals surface area contributed by atoms with Gasteiger partial charge in [-0.2, -0.15) is 15.8 Å². The van der Waals surface area contributed by atoms with Gasteiger partial charge in [0.15, 0.2) is 5.41 Å². The monoisotopic (exact) mass is 524 g/mol. The standard InChI is InChI=1S/C24H18BrClN4O3/c1-3-31-19-8-7-16(25)10-18(19)20-22(11-27,12-28)23(13-29)14(2)24(32-20,33-21(23)30)15-5-4-6-17(26)9-15/h4-10,14,20,30H,3H2,1-2H3. The minimum Gasteiger partial charge on any atom is -0.493 e. The van der Waals surface area contributed by atoms with E-state index in [0.717, 1.165) is 0 Å². The van der Waals surface area contributed by atoms with Crippen molar-refractivity contribution < 1.29 is 14.2 Å². The highest BCUT2D eigenvalue weighted by atomic mass is 79.9. The van der Waals surface area contributed by atoms with Crippen molar-refractivity contribution in [3.05, 3.63) is 63.1 Å². The Kier molecular flexibility index (Phi) is 5.63. The van der Waals surface area contributed by atoms with Gasteiger partial charge in [0.2, 0.25) is 17.1 Å². The van der Waals surface area contributed by atoms with Crippen LogP contribution in [0.3, 0.4) is 0 Å². The molecule has 1 N–H and O–H groups in total. The first-order chi connectivity index (χ1) is 15.8. The second kappa shape index (κ2) is 8.04. The maximum Gasteiger partial charge on any atom is 0.244 e. The van der Waals surface area contributed by atoms with E-state index >= 15 is 0 Å². The molecule has 7 nitrogen and oxygen atoms in total. The average molecular weight is 526 g/mol. The summed E-state index contributed by atoms with van der Waals surface area (Å²) >= 11 is 9.67. The van der Waals surface area contributed by atoms with Crippen molar-refractivity contribution in [2.45, 2.75) is 25.7 Å². The van der Waals surface area contributed by atoms with Crippen LogP contribution in [0.5, 0.6) is 5.75 Å². The Bertz CT molecular complexity index is 1270. The molecule has 0 radical (unpaired) electrons. The second-order valence-electron chi connectivity index (χ2n) is 7.90. The molecule has 2 bridgehead atoms. The maximum absolute atomic E-state index is 10.4. The van der Waals surface area contributed by atoms with Crippen LogP contribution in [0.15, 0.2) is 46.9 Å². The van der Waals surface area contributed by atoms with Gasteiger partial charge in [-0.15, -0.1) is 0 Å². The fourth-order valence-corrected chi connectivity index (χ4v) is 5.43. The number of nitrogens with zero attached hydrogens (tertiary/aromatic N) is 3. The lowest BCUT2D eigenvalue weighted by Crippen LogP contribution is -2.57. The summed E-state index contributed by atoms with van der Waals surface area (Å²) in [6, 6.07) is 18.1. The van der Waals surface area contributed by atoms with E-state index in [4.69, 9.17) is 31.2 Å². The summed E-state index contributed by atoms with van der Waals surface area (Å²) < 4.78 is 19.0. The first-order valence-corrected chi connectivity index (χ1v) is 11.3. The highest BCUT2D eigenvalue weighted by Crippen LogP contribution is 2.69. The SMILES string of the molecule is CCOc1ccc(Br)cc1C1OC2(c3cccc(Cl)c3)OC(=N)C(C#N)(C2C)C1(C#N)C#N. The molecule has 0 spiro atoms. The molecule has 9 heteroatoms. The maximum atomic E-state index is 10.4. The third kappa shape index (κ3) is 2.90. The average Bonchev–Trinajstić information content (AvgIpc) is 2.97. The van der Waals surface area contributed by atoms with Gasteiger partial charge in [-0.25, -0.2) is 0 Å². The summed E-state index contributed by atoms with van der Waals surface area (Å²) in [5, 5.41) is 40.3. The number of benzene rings is 2. The lowest BCUT2D eigenvalue weighted by molar-refractivity contribution is -0.288. The molecule has 0 aliphatic carbocycles. The van der Waals surface area contributed by atoms with Crippen molar-refractivity contribution in [3.63, 3.8) is 0 Å². The van der Waals surface area contributed by atoms with Crippen LogP contribution in [0.1, 0.15) is 31.1 Å². The molecule has 4 unspecified atom stereocenters. The molecule has 4 rings (SSSR count). The van der Waals surface area contributed by atoms with Crippen molar-refractivity contribution in [3.8, 4) is 24.0 Å². The molecule has 2 aromatic carbocycles. The van der Waals surface area contributed by atoms with Gasteiger partial charge in [-0.1, -0.05) is 46.6 Å². The lowest BCUT2D eigenvalue weighted by Gasteiger charge is -2.49. The minimum atomic E-state index is -2.09. The number of hydrogen-bond donors (Lipinski definition) is 1. The van der Waals surface area contributed by atoms with Crippen molar-refractivity contribution >= 4 is 33.4 Å². The normalized spacial score (nSPS) is 29.3. The Morgan fingerprint density at radius 2 is 1.88 bits per heavy atom. The highest BCUT2D eigenvalue weighted by molar-refractivity contribution is 9.10.